The van der Waals surface area contributed by atoms with Gasteiger partial charge in [0.25, 0.3) is 0 Å². The molecule has 4 amide bonds. The lowest BCUT2D eigenvalue weighted by atomic mass is 10.1. The van der Waals surface area contributed by atoms with E-state index in [0.717, 1.165) is 11.1 Å². The molecule has 13 nitrogen and oxygen atoms in total. The van der Waals surface area contributed by atoms with Crippen molar-refractivity contribution in [2.75, 3.05) is 13.1 Å². The number of rotatable bonds is 17. The zero-order chi connectivity index (χ0) is 35.2. The maximum atomic E-state index is 12.9. The monoisotopic (exact) mass is 689 g/mol. The van der Waals surface area contributed by atoms with Crippen molar-refractivity contribution < 1.29 is 52.1 Å². The summed E-state index contributed by atoms with van der Waals surface area (Å²) < 4.78 is 36.9. The van der Waals surface area contributed by atoms with Gasteiger partial charge in [-0.1, -0.05) is 54.1 Å². The van der Waals surface area contributed by atoms with Crippen molar-refractivity contribution >= 4 is 41.6 Å². The molecule has 0 spiro atoms. The van der Waals surface area contributed by atoms with Crippen molar-refractivity contribution in [1.29, 1.82) is 0 Å². The first-order valence-corrected chi connectivity index (χ1v) is 14.9. The number of carbonyl (C=O) groups is 5. The molecule has 0 bridgehead atoms. The minimum atomic E-state index is -5.08. The molecule has 0 aliphatic heterocycles. The number of alkyl carbamates (subject to hydrolysis) is 1. The molecule has 0 aliphatic carbocycles. The third-order valence-electron chi connectivity index (χ3n) is 6.20. The molecule has 0 aliphatic rings. The second kappa shape index (κ2) is 22.0. The highest BCUT2D eigenvalue weighted by Gasteiger charge is 2.38. The summed E-state index contributed by atoms with van der Waals surface area (Å²) in [6.07, 6.45) is -2.94. The molecule has 0 radical (unpaired) electrons. The SMILES string of the molecule is NCCCC[C@H](NC(=O)N[C@H](CCCCNC(=O)OCc1ccccc1)C(=O)NCc1ccc(Cl)cc1)C(=O)O.O=C(O)C(F)(F)F. The second-order valence-electron chi connectivity index (χ2n) is 9.98. The number of ether oxygens (including phenoxy) is 1. The van der Waals surface area contributed by atoms with Crippen LogP contribution in [0.2, 0.25) is 5.02 Å². The summed E-state index contributed by atoms with van der Waals surface area (Å²) in [4.78, 5) is 57.9. The van der Waals surface area contributed by atoms with E-state index in [2.05, 4.69) is 21.3 Å². The van der Waals surface area contributed by atoms with Crippen LogP contribution in [0.4, 0.5) is 22.8 Å². The fraction of sp³-hybridized carbons (Fsp3) is 0.433. The Bertz CT molecular complexity index is 1270. The number of carboxylic acid groups (broad SMARTS) is 2. The highest BCUT2D eigenvalue weighted by Crippen LogP contribution is 2.13. The van der Waals surface area contributed by atoms with Crippen molar-refractivity contribution in [2.45, 2.75) is 69.9 Å². The number of benzene rings is 2. The molecule has 0 saturated heterocycles. The molecule has 17 heteroatoms. The van der Waals surface area contributed by atoms with Gasteiger partial charge in [0.2, 0.25) is 5.91 Å². The van der Waals surface area contributed by atoms with Crippen LogP contribution in [0.3, 0.4) is 0 Å². The van der Waals surface area contributed by atoms with Crippen LogP contribution in [-0.2, 0) is 32.3 Å². The van der Waals surface area contributed by atoms with Gasteiger partial charge in [0, 0.05) is 18.1 Å². The lowest BCUT2D eigenvalue weighted by molar-refractivity contribution is -0.192. The summed E-state index contributed by atoms with van der Waals surface area (Å²) in [7, 11) is 0. The first kappa shape index (κ1) is 40.5. The summed E-state index contributed by atoms with van der Waals surface area (Å²) in [6.45, 7) is 1.13. The van der Waals surface area contributed by atoms with Crippen molar-refractivity contribution in [3.05, 3.63) is 70.7 Å². The molecule has 2 atom stereocenters. The Hall–Kier alpha value is -4.57. The summed E-state index contributed by atoms with van der Waals surface area (Å²) in [6, 6.07) is 13.5. The molecule has 0 saturated carbocycles. The average molecular weight is 690 g/mol. The number of unbranched alkanes of at least 4 members (excludes halogenated alkanes) is 2. The van der Waals surface area contributed by atoms with E-state index < -0.39 is 48.2 Å². The van der Waals surface area contributed by atoms with Gasteiger partial charge in [-0.15, -0.1) is 0 Å². The standard InChI is InChI=1S/C28H38ClN5O6.C2HF3O2/c29-22-14-12-20(13-15-22)18-32-25(35)23(33-27(38)34-24(26(36)37)11-4-6-16-30)10-5-7-17-31-28(39)40-19-21-8-2-1-3-9-21;3-2(4,5)1(6)7/h1-3,8-9,12-15,23-24H,4-7,10-11,16-19,30H2,(H,31,39)(H,32,35)(H,36,37)(H2,33,34,38);(H,6,7)/t23-,24+;/m1./s1. The zero-order valence-corrected chi connectivity index (χ0v) is 26.1. The van der Waals surface area contributed by atoms with Gasteiger partial charge >= 0.3 is 30.2 Å². The number of carbonyl (C=O) groups excluding carboxylic acids is 3. The van der Waals surface area contributed by atoms with Crippen molar-refractivity contribution in [3.8, 4) is 0 Å². The molecular weight excluding hydrogens is 651 g/mol. The van der Waals surface area contributed by atoms with Gasteiger partial charge < -0.3 is 42.0 Å². The highest BCUT2D eigenvalue weighted by molar-refractivity contribution is 6.30. The van der Waals surface area contributed by atoms with Crippen LogP contribution in [0.5, 0.6) is 0 Å². The second-order valence-corrected chi connectivity index (χ2v) is 10.4. The van der Waals surface area contributed by atoms with Gasteiger partial charge in [-0.05, 0) is 68.3 Å². The normalized spacial score (nSPS) is 11.9. The molecule has 0 aromatic heterocycles. The van der Waals surface area contributed by atoms with Gasteiger partial charge in [0.15, 0.2) is 0 Å². The Morgan fingerprint density at radius 2 is 1.38 bits per heavy atom. The van der Waals surface area contributed by atoms with Gasteiger partial charge in [-0.2, -0.15) is 13.2 Å². The van der Waals surface area contributed by atoms with Crippen molar-refractivity contribution in [1.82, 2.24) is 21.3 Å². The number of hydrogen-bond donors (Lipinski definition) is 7. The summed E-state index contributed by atoms with van der Waals surface area (Å²) in [5, 5.41) is 27.6. The van der Waals surface area contributed by atoms with Gasteiger partial charge in [0.05, 0.1) is 0 Å². The molecule has 2 aromatic carbocycles. The zero-order valence-electron chi connectivity index (χ0n) is 25.4. The molecule has 2 rings (SSSR count). The fourth-order valence-corrected chi connectivity index (χ4v) is 3.86. The Balaban J connectivity index is 0.00000141. The Labute approximate surface area is 274 Å². The number of urea groups is 1. The third-order valence-corrected chi connectivity index (χ3v) is 6.45. The van der Waals surface area contributed by atoms with E-state index in [0.29, 0.717) is 43.8 Å². The Morgan fingerprint density at radius 1 is 0.809 bits per heavy atom. The Morgan fingerprint density at radius 3 is 1.96 bits per heavy atom. The molecular formula is C30H39ClF3N5O8. The van der Waals surface area contributed by atoms with E-state index in [1.807, 2.05) is 30.3 Å². The number of nitrogens with one attached hydrogen (secondary N) is 4. The van der Waals surface area contributed by atoms with Crippen LogP contribution in [0.15, 0.2) is 54.6 Å². The molecule has 0 heterocycles. The van der Waals surface area contributed by atoms with Gasteiger partial charge in [0.1, 0.15) is 18.7 Å². The molecule has 0 unspecified atom stereocenters. The smallest absolute Gasteiger partial charge is 0.480 e. The predicted molar refractivity (Wildman–Crippen MR) is 165 cm³/mol. The number of nitrogens with two attached hydrogens (primary N) is 1. The molecule has 47 heavy (non-hydrogen) atoms. The predicted octanol–water partition coefficient (Wildman–Crippen LogP) is 3.94. The van der Waals surface area contributed by atoms with E-state index in [-0.39, 0.29) is 26.0 Å². The first-order valence-electron chi connectivity index (χ1n) is 14.5. The van der Waals surface area contributed by atoms with Crippen molar-refractivity contribution in [3.63, 3.8) is 0 Å². The van der Waals surface area contributed by atoms with Crippen LogP contribution in [0.1, 0.15) is 49.7 Å². The van der Waals surface area contributed by atoms with Crippen LogP contribution in [0.25, 0.3) is 0 Å². The summed E-state index contributed by atoms with van der Waals surface area (Å²) in [5.41, 5.74) is 7.16. The molecule has 8 N–H and O–H groups in total. The first-order chi connectivity index (χ1) is 22.2. The lowest BCUT2D eigenvalue weighted by Crippen LogP contribution is -2.53. The summed E-state index contributed by atoms with van der Waals surface area (Å²) >= 11 is 5.91. The Kier molecular flexibility index (Phi) is 19.0. The van der Waals surface area contributed by atoms with E-state index in [1.54, 1.807) is 24.3 Å². The number of carboxylic acids is 2. The number of halogens is 4. The number of hydrogen-bond acceptors (Lipinski definition) is 7. The lowest BCUT2D eigenvalue weighted by Gasteiger charge is -2.21. The van der Waals surface area contributed by atoms with Gasteiger partial charge in [-0.25, -0.2) is 19.2 Å². The van der Waals surface area contributed by atoms with Crippen molar-refractivity contribution in [2.24, 2.45) is 5.73 Å². The molecule has 0 fully saturated rings. The van der Waals surface area contributed by atoms with E-state index >= 15 is 0 Å². The quantitative estimate of drug-likeness (QED) is 0.120. The largest absolute Gasteiger partial charge is 0.490 e. The van der Waals surface area contributed by atoms with E-state index in [1.165, 1.54) is 0 Å². The van der Waals surface area contributed by atoms with E-state index in [9.17, 15) is 37.5 Å². The number of alkyl halides is 3. The average Bonchev–Trinajstić information content (AvgIpc) is 3.02. The van der Waals surface area contributed by atoms with Gasteiger partial charge in [-0.3, -0.25) is 4.79 Å². The minimum absolute atomic E-state index is 0.158. The minimum Gasteiger partial charge on any atom is -0.480 e. The van der Waals surface area contributed by atoms with Crippen LogP contribution in [-0.4, -0.2) is 71.5 Å². The third kappa shape index (κ3) is 18.9. The summed E-state index contributed by atoms with van der Waals surface area (Å²) in [5.74, 6) is -4.34. The highest BCUT2D eigenvalue weighted by atomic mass is 35.5. The number of aliphatic carboxylic acids is 2. The van der Waals surface area contributed by atoms with E-state index in [4.69, 9.17) is 32.0 Å². The molecule has 2 aromatic rings. The van der Waals surface area contributed by atoms with Crippen LogP contribution < -0.4 is 27.0 Å². The maximum absolute atomic E-state index is 12.9. The van der Waals surface area contributed by atoms with Crippen LogP contribution >= 0.6 is 11.6 Å². The molecule has 260 valence electrons. The fourth-order valence-electron chi connectivity index (χ4n) is 3.73. The topological polar surface area (TPSA) is 209 Å². The maximum Gasteiger partial charge on any atom is 0.490 e. The number of amides is 4. The van der Waals surface area contributed by atoms with Crippen LogP contribution in [0, 0.1) is 0 Å².